The molecular weight excluding hydrogens is 322 g/mol. The lowest BCUT2D eigenvalue weighted by Gasteiger charge is -2.34. The summed E-state index contributed by atoms with van der Waals surface area (Å²) in [6.45, 7) is 2.02. The zero-order valence-corrected chi connectivity index (χ0v) is 15.1. The van der Waals surface area contributed by atoms with Gasteiger partial charge in [-0.15, -0.1) is 0 Å². The van der Waals surface area contributed by atoms with Gasteiger partial charge in [0.15, 0.2) is 0 Å². The number of hydrogen-bond donors (Lipinski definition) is 2. The molecule has 7 heteroatoms. The fourth-order valence-corrected chi connectivity index (χ4v) is 4.13. The molecule has 0 aliphatic carbocycles. The molecule has 3 heterocycles. The van der Waals surface area contributed by atoms with E-state index in [4.69, 9.17) is 14.3 Å². The van der Waals surface area contributed by atoms with Crippen molar-refractivity contribution < 1.29 is 4.74 Å². The van der Waals surface area contributed by atoms with Crippen molar-refractivity contribution in [2.75, 3.05) is 37.1 Å². The zero-order valence-electron chi connectivity index (χ0n) is 14.3. The maximum Gasteiger partial charge on any atom is 0.240 e. The topological polar surface area (TPSA) is 86.0 Å². The molecule has 3 rings (SSSR count). The number of hydrogen-bond acceptors (Lipinski definition) is 6. The monoisotopic (exact) mass is 347 g/mol. The SMILES string of the molecule is COc1nccc2c(N3CCC(CCS(C)(=N)=N)CC3)ccnc12. The van der Waals surface area contributed by atoms with Crippen molar-refractivity contribution in [3.8, 4) is 5.88 Å². The first-order valence-corrected chi connectivity index (χ1v) is 10.5. The van der Waals surface area contributed by atoms with Crippen LogP contribution in [0.2, 0.25) is 0 Å². The lowest BCUT2D eigenvalue weighted by atomic mass is 9.94. The van der Waals surface area contributed by atoms with Crippen molar-refractivity contribution in [1.82, 2.24) is 9.97 Å². The van der Waals surface area contributed by atoms with E-state index in [1.54, 1.807) is 19.6 Å². The van der Waals surface area contributed by atoms with Crippen LogP contribution in [0, 0.1) is 15.5 Å². The van der Waals surface area contributed by atoms with E-state index in [2.05, 4.69) is 20.9 Å². The number of fused-ring (bicyclic) bond motifs is 1. The van der Waals surface area contributed by atoms with Crippen LogP contribution < -0.4 is 9.64 Å². The average molecular weight is 347 g/mol. The number of aromatic nitrogens is 2. The van der Waals surface area contributed by atoms with Crippen LogP contribution in [0.5, 0.6) is 5.88 Å². The van der Waals surface area contributed by atoms with Gasteiger partial charge >= 0.3 is 0 Å². The van der Waals surface area contributed by atoms with E-state index < -0.39 is 9.62 Å². The lowest BCUT2D eigenvalue weighted by molar-refractivity contribution is 0.397. The quantitative estimate of drug-likeness (QED) is 0.866. The first kappa shape index (κ1) is 17.0. The number of piperidine rings is 1. The summed E-state index contributed by atoms with van der Waals surface area (Å²) in [4.78, 5) is 11.1. The molecular formula is C17H25N5OS. The summed E-state index contributed by atoms with van der Waals surface area (Å²) in [5.74, 6) is 1.95. The minimum absolute atomic E-state index is 0.567. The minimum atomic E-state index is -1.87. The lowest BCUT2D eigenvalue weighted by Crippen LogP contribution is -2.34. The maximum atomic E-state index is 7.77. The number of rotatable bonds is 5. The van der Waals surface area contributed by atoms with E-state index in [-0.39, 0.29) is 0 Å². The Morgan fingerprint density at radius 1 is 1.21 bits per heavy atom. The Morgan fingerprint density at radius 3 is 2.58 bits per heavy atom. The van der Waals surface area contributed by atoms with E-state index in [1.165, 1.54) is 5.69 Å². The summed E-state index contributed by atoms with van der Waals surface area (Å²) in [5, 5.41) is 1.08. The highest BCUT2D eigenvalue weighted by Crippen LogP contribution is 2.32. The van der Waals surface area contributed by atoms with Crippen LogP contribution in [-0.4, -0.2) is 42.2 Å². The highest BCUT2D eigenvalue weighted by Gasteiger charge is 2.21. The molecule has 0 saturated carbocycles. The van der Waals surface area contributed by atoms with Crippen LogP contribution in [0.4, 0.5) is 5.69 Å². The van der Waals surface area contributed by atoms with Crippen LogP contribution in [0.25, 0.3) is 10.9 Å². The van der Waals surface area contributed by atoms with Crippen molar-refractivity contribution in [2.24, 2.45) is 5.92 Å². The molecule has 0 radical (unpaired) electrons. The van der Waals surface area contributed by atoms with Gasteiger partial charge in [-0.1, -0.05) is 9.62 Å². The second-order valence-electron chi connectivity index (χ2n) is 6.56. The summed E-state index contributed by atoms with van der Waals surface area (Å²) in [5.41, 5.74) is 2.00. The van der Waals surface area contributed by atoms with E-state index >= 15 is 0 Å². The molecule has 0 atom stereocenters. The zero-order chi connectivity index (χ0) is 17.2. The molecule has 1 saturated heterocycles. The molecule has 0 unspecified atom stereocenters. The molecule has 6 nitrogen and oxygen atoms in total. The van der Waals surface area contributed by atoms with Crippen LogP contribution in [0.3, 0.4) is 0 Å². The maximum absolute atomic E-state index is 7.77. The van der Waals surface area contributed by atoms with Crippen molar-refractivity contribution in [1.29, 1.82) is 9.56 Å². The number of nitrogens with zero attached hydrogens (tertiary/aromatic N) is 3. The first-order chi connectivity index (χ1) is 11.5. The smallest absolute Gasteiger partial charge is 0.240 e. The molecule has 130 valence electrons. The molecule has 2 aromatic rings. The largest absolute Gasteiger partial charge is 0.479 e. The highest BCUT2D eigenvalue weighted by atomic mass is 32.2. The van der Waals surface area contributed by atoms with Crippen LogP contribution in [-0.2, 0) is 9.62 Å². The van der Waals surface area contributed by atoms with Crippen molar-refractivity contribution >= 4 is 26.2 Å². The Kier molecular flexibility index (Phi) is 4.89. The van der Waals surface area contributed by atoms with Gasteiger partial charge < -0.3 is 9.64 Å². The van der Waals surface area contributed by atoms with Crippen molar-refractivity contribution in [2.45, 2.75) is 19.3 Å². The molecule has 1 aliphatic rings. The van der Waals surface area contributed by atoms with Crippen LogP contribution >= 0.6 is 0 Å². The summed E-state index contributed by atoms with van der Waals surface area (Å²) < 4.78 is 20.9. The molecule has 0 spiro atoms. The van der Waals surface area contributed by atoms with E-state index in [1.807, 2.05) is 12.3 Å². The van der Waals surface area contributed by atoms with Gasteiger partial charge in [-0.3, -0.25) is 14.5 Å². The number of anilines is 1. The van der Waals surface area contributed by atoms with Gasteiger partial charge in [0.05, 0.1) is 7.11 Å². The molecule has 1 fully saturated rings. The van der Waals surface area contributed by atoms with Crippen molar-refractivity contribution in [3.63, 3.8) is 0 Å². The number of ether oxygens (including phenoxy) is 1. The van der Waals surface area contributed by atoms with Crippen LogP contribution in [0.1, 0.15) is 19.3 Å². The van der Waals surface area contributed by atoms with Gasteiger partial charge in [0.25, 0.3) is 0 Å². The third kappa shape index (κ3) is 3.77. The molecule has 1 aliphatic heterocycles. The molecule has 0 bridgehead atoms. The predicted molar refractivity (Wildman–Crippen MR) is 99.2 cm³/mol. The molecule has 2 aromatic heterocycles. The molecule has 0 aromatic carbocycles. The molecule has 24 heavy (non-hydrogen) atoms. The minimum Gasteiger partial charge on any atom is -0.479 e. The normalized spacial score (nSPS) is 16.5. The number of pyridine rings is 2. The van der Waals surface area contributed by atoms with Crippen LogP contribution in [0.15, 0.2) is 24.5 Å². The second-order valence-corrected chi connectivity index (χ2v) is 9.14. The third-order valence-electron chi connectivity index (χ3n) is 4.69. The first-order valence-electron chi connectivity index (χ1n) is 8.26. The van der Waals surface area contributed by atoms with Gasteiger partial charge in [-0.25, -0.2) is 4.98 Å². The molecule has 2 N–H and O–H groups in total. The Bertz CT molecular complexity index is 813. The van der Waals surface area contributed by atoms with E-state index in [9.17, 15) is 0 Å². The Labute approximate surface area is 143 Å². The number of nitrogens with one attached hydrogen (secondary N) is 2. The van der Waals surface area contributed by atoms with Crippen molar-refractivity contribution in [3.05, 3.63) is 24.5 Å². The van der Waals surface area contributed by atoms with Gasteiger partial charge in [-0.2, -0.15) is 0 Å². The van der Waals surface area contributed by atoms with Gasteiger partial charge in [0.1, 0.15) is 5.52 Å². The number of methoxy groups -OCH3 is 1. The fraction of sp³-hybridized carbons (Fsp3) is 0.529. The summed E-state index contributed by atoms with van der Waals surface area (Å²) in [6.07, 6.45) is 8.62. The standard InChI is InChI=1S/C17H25N5OS/c1-23-17-16-14(3-8-21-17)15(4-9-20-16)22-10-5-13(6-11-22)7-12-24(2,18)19/h3-4,8-9,13,18-19H,5-7,10-12H2,1-2H3. The van der Waals surface area contributed by atoms with Gasteiger partial charge in [-0.05, 0) is 37.3 Å². The summed E-state index contributed by atoms with van der Waals surface area (Å²) in [6, 6.07) is 4.07. The molecule has 0 amide bonds. The van der Waals surface area contributed by atoms with Gasteiger partial charge in [0, 0.05) is 48.6 Å². The summed E-state index contributed by atoms with van der Waals surface area (Å²) >= 11 is 0. The van der Waals surface area contributed by atoms with Gasteiger partial charge in [0.2, 0.25) is 5.88 Å². The Balaban J connectivity index is 1.74. The third-order valence-corrected chi connectivity index (χ3v) is 5.74. The fourth-order valence-electron chi connectivity index (χ4n) is 3.33. The predicted octanol–water partition coefficient (Wildman–Crippen LogP) is 3.55. The summed E-state index contributed by atoms with van der Waals surface area (Å²) in [7, 11) is -0.247. The van der Waals surface area contributed by atoms with E-state index in [0.29, 0.717) is 11.8 Å². The van der Waals surface area contributed by atoms with E-state index in [0.717, 1.165) is 49.0 Å². The second kappa shape index (κ2) is 6.93. The average Bonchev–Trinajstić information content (AvgIpc) is 2.59. The Hall–Kier alpha value is -1.89. The Morgan fingerprint density at radius 2 is 1.92 bits per heavy atom. The highest BCUT2D eigenvalue weighted by molar-refractivity contribution is 7.92.